The Labute approximate surface area is 88.3 Å². The highest BCUT2D eigenvalue weighted by Gasteiger charge is 2.09. The zero-order valence-electron chi connectivity index (χ0n) is 8.29. The average molecular weight is 213 g/mol. The first-order valence-corrected chi connectivity index (χ1v) is 4.78. The van der Waals surface area contributed by atoms with Gasteiger partial charge < -0.3 is 5.73 Å². The van der Waals surface area contributed by atoms with E-state index in [9.17, 15) is 0 Å². The molecule has 1 rings (SSSR count). The molecule has 0 fully saturated rings. The van der Waals surface area contributed by atoms with Crippen molar-refractivity contribution in [3.63, 3.8) is 0 Å². The number of hydrogen-bond acceptors (Lipinski definition) is 3. The van der Waals surface area contributed by atoms with E-state index in [1.54, 1.807) is 4.68 Å². The second kappa shape index (κ2) is 4.45. The van der Waals surface area contributed by atoms with Crippen molar-refractivity contribution in [2.45, 2.75) is 32.9 Å². The topological polar surface area (TPSA) is 67.6 Å². The highest BCUT2D eigenvalue weighted by Crippen LogP contribution is 2.18. The van der Waals surface area contributed by atoms with Crippen molar-refractivity contribution in [2.24, 2.45) is 5.73 Å². The van der Waals surface area contributed by atoms with Gasteiger partial charge in [0.25, 0.3) is 0 Å². The molecule has 14 heavy (non-hydrogen) atoms. The smallest absolute Gasteiger partial charge is 0.0945 e. The number of halogens is 1. The lowest BCUT2D eigenvalue weighted by atomic mass is 10.2. The van der Waals surface area contributed by atoms with Crippen LogP contribution in [0.4, 0.5) is 0 Å². The van der Waals surface area contributed by atoms with Crippen LogP contribution in [-0.2, 0) is 6.54 Å². The van der Waals surface area contributed by atoms with Crippen molar-refractivity contribution < 1.29 is 0 Å². The minimum atomic E-state index is -0.433. The van der Waals surface area contributed by atoms with Gasteiger partial charge in [-0.1, -0.05) is 11.6 Å². The molecule has 0 bridgehead atoms. The molecule has 4 nitrogen and oxygen atoms in total. The number of aryl methyl sites for hydroxylation is 2. The Balaban J connectivity index is 2.69. The fourth-order valence-corrected chi connectivity index (χ4v) is 1.35. The molecule has 0 radical (unpaired) electrons. The van der Waals surface area contributed by atoms with E-state index in [1.165, 1.54) is 0 Å². The maximum absolute atomic E-state index is 8.51. The molecule has 0 amide bonds. The SMILES string of the molecule is Cc1nn(CCC(N)C#N)c(C)c1Cl. The maximum Gasteiger partial charge on any atom is 0.0945 e. The van der Waals surface area contributed by atoms with Gasteiger partial charge in [-0.3, -0.25) is 4.68 Å². The Morgan fingerprint density at radius 3 is 2.71 bits per heavy atom. The molecule has 0 aliphatic heterocycles. The Bertz CT molecular complexity index is 364. The lowest BCUT2D eigenvalue weighted by Gasteiger charge is -2.04. The van der Waals surface area contributed by atoms with E-state index in [0.717, 1.165) is 11.4 Å². The van der Waals surface area contributed by atoms with Crippen molar-refractivity contribution in [1.82, 2.24) is 9.78 Å². The number of rotatable bonds is 3. The predicted molar refractivity (Wildman–Crippen MR) is 54.9 cm³/mol. The quantitative estimate of drug-likeness (QED) is 0.824. The van der Waals surface area contributed by atoms with E-state index in [1.807, 2.05) is 19.9 Å². The van der Waals surface area contributed by atoms with Gasteiger partial charge in [-0.25, -0.2) is 0 Å². The second-order valence-corrected chi connectivity index (χ2v) is 3.61. The Kier molecular flexibility index (Phi) is 3.50. The third kappa shape index (κ3) is 2.25. The van der Waals surface area contributed by atoms with Crippen molar-refractivity contribution >= 4 is 11.6 Å². The largest absolute Gasteiger partial charge is 0.316 e. The fourth-order valence-electron chi connectivity index (χ4n) is 1.22. The predicted octanol–water partition coefficient (Wildman–Crippen LogP) is 1.39. The van der Waals surface area contributed by atoms with Crippen LogP contribution in [0.25, 0.3) is 0 Å². The van der Waals surface area contributed by atoms with Gasteiger partial charge in [-0.2, -0.15) is 10.4 Å². The van der Waals surface area contributed by atoms with Gasteiger partial charge in [0.1, 0.15) is 0 Å². The molecular formula is C9H13ClN4. The maximum atomic E-state index is 8.51. The van der Waals surface area contributed by atoms with Crippen LogP contribution in [0.3, 0.4) is 0 Å². The molecule has 1 aromatic rings. The summed E-state index contributed by atoms with van der Waals surface area (Å²) in [6.07, 6.45) is 0.592. The Morgan fingerprint density at radius 1 is 1.64 bits per heavy atom. The summed E-state index contributed by atoms with van der Waals surface area (Å²) in [4.78, 5) is 0. The third-order valence-corrected chi connectivity index (χ3v) is 2.66. The molecule has 0 aliphatic rings. The van der Waals surface area contributed by atoms with Gasteiger partial charge in [-0.05, 0) is 20.3 Å². The van der Waals surface area contributed by atoms with Crippen molar-refractivity contribution in [3.8, 4) is 6.07 Å². The van der Waals surface area contributed by atoms with E-state index < -0.39 is 6.04 Å². The van der Waals surface area contributed by atoms with Crippen molar-refractivity contribution in [1.29, 1.82) is 5.26 Å². The summed E-state index contributed by atoms with van der Waals surface area (Å²) in [6.45, 7) is 4.39. The monoisotopic (exact) mass is 212 g/mol. The summed E-state index contributed by atoms with van der Waals surface area (Å²) in [6, 6.07) is 1.55. The highest BCUT2D eigenvalue weighted by atomic mass is 35.5. The summed E-state index contributed by atoms with van der Waals surface area (Å²) in [5, 5.41) is 13.4. The number of nitriles is 1. The number of hydrogen-bond donors (Lipinski definition) is 1. The summed E-state index contributed by atoms with van der Waals surface area (Å²) < 4.78 is 1.79. The average Bonchev–Trinajstić information content (AvgIpc) is 2.42. The zero-order chi connectivity index (χ0) is 10.7. The van der Waals surface area contributed by atoms with Crippen LogP contribution >= 0.6 is 11.6 Å². The molecule has 1 aromatic heterocycles. The highest BCUT2D eigenvalue weighted by molar-refractivity contribution is 6.31. The molecule has 76 valence electrons. The lowest BCUT2D eigenvalue weighted by molar-refractivity contribution is 0.541. The number of aromatic nitrogens is 2. The first kappa shape index (κ1) is 11.0. The summed E-state index contributed by atoms with van der Waals surface area (Å²) in [5.41, 5.74) is 7.22. The van der Waals surface area contributed by atoms with Crippen LogP contribution in [0.2, 0.25) is 5.02 Å². The molecule has 1 atom stereocenters. The van der Waals surface area contributed by atoms with Gasteiger partial charge in [0, 0.05) is 6.54 Å². The molecule has 1 heterocycles. The van der Waals surface area contributed by atoms with Gasteiger partial charge in [0.05, 0.1) is 28.5 Å². The molecule has 5 heteroatoms. The van der Waals surface area contributed by atoms with Gasteiger partial charge in [0.2, 0.25) is 0 Å². The van der Waals surface area contributed by atoms with E-state index in [0.29, 0.717) is 18.0 Å². The molecule has 1 unspecified atom stereocenters. The lowest BCUT2D eigenvalue weighted by Crippen LogP contribution is -2.20. The first-order valence-electron chi connectivity index (χ1n) is 4.41. The minimum Gasteiger partial charge on any atom is -0.316 e. The van der Waals surface area contributed by atoms with E-state index >= 15 is 0 Å². The van der Waals surface area contributed by atoms with Gasteiger partial charge in [0.15, 0.2) is 0 Å². The summed E-state index contributed by atoms with van der Waals surface area (Å²) in [7, 11) is 0. The van der Waals surface area contributed by atoms with E-state index in [-0.39, 0.29) is 0 Å². The van der Waals surface area contributed by atoms with Crippen molar-refractivity contribution in [3.05, 3.63) is 16.4 Å². The van der Waals surface area contributed by atoms with Crippen LogP contribution in [0.5, 0.6) is 0 Å². The summed E-state index contributed by atoms with van der Waals surface area (Å²) in [5.74, 6) is 0. The first-order chi connectivity index (χ1) is 6.56. The normalized spacial score (nSPS) is 12.5. The van der Waals surface area contributed by atoms with E-state index in [4.69, 9.17) is 22.6 Å². The zero-order valence-corrected chi connectivity index (χ0v) is 9.04. The van der Waals surface area contributed by atoms with Gasteiger partial charge in [-0.15, -0.1) is 0 Å². The van der Waals surface area contributed by atoms with Crippen LogP contribution in [0.15, 0.2) is 0 Å². The molecule has 0 saturated heterocycles. The van der Waals surface area contributed by atoms with Crippen LogP contribution < -0.4 is 5.73 Å². The fraction of sp³-hybridized carbons (Fsp3) is 0.556. The third-order valence-electron chi connectivity index (χ3n) is 2.11. The second-order valence-electron chi connectivity index (χ2n) is 3.23. The summed E-state index contributed by atoms with van der Waals surface area (Å²) >= 11 is 5.97. The number of nitrogens with two attached hydrogens (primary N) is 1. The molecule has 0 aromatic carbocycles. The van der Waals surface area contributed by atoms with Gasteiger partial charge >= 0.3 is 0 Å². The van der Waals surface area contributed by atoms with Crippen LogP contribution in [0.1, 0.15) is 17.8 Å². The van der Waals surface area contributed by atoms with E-state index in [2.05, 4.69) is 5.10 Å². The molecule has 0 saturated carbocycles. The molecule has 0 spiro atoms. The minimum absolute atomic E-state index is 0.433. The Morgan fingerprint density at radius 2 is 2.29 bits per heavy atom. The molecular weight excluding hydrogens is 200 g/mol. The number of nitrogens with zero attached hydrogens (tertiary/aromatic N) is 3. The van der Waals surface area contributed by atoms with Crippen LogP contribution in [-0.4, -0.2) is 15.8 Å². The molecule has 0 aliphatic carbocycles. The van der Waals surface area contributed by atoms with Crippen LogP contribution in [0, 0.1) is 25.2 Å². The standard InChI is InChI=1S/C9H13ClN4/c1-6-9(10)7(2)14(13-6)4-3-8(12)5-11/h8H,3-4,12H2,1-2H3. The van der Waals surface area contributed by atoms with Crippen molar-refractivity contribution in [2.75, 3.05) is 0 Å². The molecule has 2 N–H and O–H groups in total. The Hall–Kier alpha value is -1.05.